The zero-order chi connectivity index (χ0) is 70.7. The molecule has 6 aromatic rings. The van der Waals surface area contributed by atoms with Gasteiger partial charge in [0.25, 0.3) is 22.2 Å². The average molecular weight is 1470 g/mol. The Bertz CT molecular complexity index is 4700. The Morgan fingerprint density at radius 2 is 0.806 bits per heavy atom. The lowest BCUT2D eigenvalue weighted by Crippen LogP contribution is -2.33. The first-order valence-corrected chi connectivity index (χ1v) is 36.3. The van der Waals surface area contributed by atoms with Crippen molar-refractivity contribution in [3.05, 3.63) is 143 Å². The van der Waals surface area contributed by atoms with Gasteiger partial charge >= 0.3 is 53.8 Å². The predicted octanol–water partition coefficient (Wildman–Crippen LogP) is -1.64. The molecule has 47 heteroatoms. The summed E-state index contributed by atoms with van der Waals surface area (Å²) in [5.41, 5.74) is 0.158. The van der Waals surface area contributed by atoms with Crippen molar-refractivity contribution in [1.82, 2.24) is 57.7 Å². The van der Waals surface area contributed by atoms with Gasteiger partial charge in [0.2, 0.25) is 0 Å². The monoisotopic (exact) mass is 1470 g/mol. The molecule has 11 N–H and O–H groups in total. The van der Waals surface area contributed by atoms with Gasteiger partial charge in [0.15, 0.2) is 11.5 Å². The summed E-state index contributed by atoms with van der Waals surface area (Å²) in [4.78, 5) is 155. The van der Waals surface area contributed by atoms with Crippen LogP contribution in [0.15, 0.2) is 75.8 Å². The van der Waals surface area contributed by atoms with Crippen LogP contribution < -0.4 is 50.7 Å². The highest BCUT2D eigenvalue weighted by atomic mass is 31.2. The van der Waals surface area contributed by atoms with Crippen LogP contribution in [0, 0.1) is 27.7 Å². The minimum atomic E-state index is -5.46. The molecule has 19 atom stereocenters. The molecule has 11 rings (SSSR count). The van der Waals surface area contributed by atoms with Gasteiger partial charge in [-0.15, -0.1) is 0 Å². The second kappa shape index (κ2) is 28.7. The van der Waals surface area contributed by atoms with Crippen molar-refractivity contribution in [2.45, 2.75) is 152 Å². The van der Waals surface area contributed by atoms with Crippen molar-refractivity contribution in [3.63, 3.8) is 0 Å². The zero-order valence-corrected chi connectivity index (χ0v) is 55.7. The van der Waals surface area contributed by atoms with Gasteiger partial charge in [-0.05, 0) is 27.7 Å². The van der Waals surface area contributed by atoms with Gasteiger partial charge in [0.1, 0.15) is 91.8 Å². The molecule has 0 aromatic carbocycles. The number of nitrogen functional groups attached to an aromatic ring is 1. The number of hydrogen-bond acceptors (Lipinski definition) is 31. The number of H-pyrrole nitrogens is 4. The fourth-order valence-electron chi connectivity index (χ4n) is 11.5. The summed E-state index contributed by atoms with van der Waals surface area (Å²) in [7, 11) is -20.5. The molecule has 0 bridgehead atoms. The number of rotatable bonds is 26. The lowest BCUT2D eigenvalue weighted by Gasteiger charge is -2.26. The lowest BCUT2D eigenvalue weighted by atomic mass is 10.2. The Kier molecular flexibility index (Phi) is 21.3. The summed E-state index contributed by atoms with van der Waals surface area (Å²) in [6.45, 7) is 2.29. The van der Waals surface area contributed by atoms with Crippen molar-refractivity contribution >= 4 is 48.0 Å². The summed E-state index contributed by atoms with van der Waals surface area (Å²) in [5, 5.41) is 20.9. The number of fused-ring (bicyclic) bond motifs is 1. The van der Waals surface area contributed by atoms with Crippen LogP contribution in [0.5, 0.6) is 0 Å². The van der Waals surface area contributed by atoms with Crippen LogP contribution in [-0.2, 0) is 78.1 Å². The first-order chi connectivity index (χ1) is 46.1. The van der Waals surface area contributed by atoms with E-state index in [-0.39, 0.29) is 58.5 Å². The van der Waals surface area contributed by atoms with Gasteiger partial charge < -0.3 is 63.4 Å². The number of phosphoric acid groups is 3. The molecule has 536 valence electrons. The standard InChI is InChI=1S/C51H67N13O30P4/c1-22-11-60(48(71)56-44(22)67)36-6-26(66)32(87-36)16-83-96(76,77)93-29-9-38(62-13-24(3)46(69)58-50(62)73)88-33(29)17-82-95(5,75)91-28-8-40(64-21-55-41-42(52)53-20-54-43(41)64)90-34(28)18-84-98(80,81)94-30-10-39(63-14-25(4)47(70)59-51(63)74)89-35(30)19-85-97(78,79)92-27-7-37(86-31(27)15-65)61-12-23(2)45(68)57-49(61)72/h11-14,20-21,26-40,65-66H,6-10,15-19H2,1-5H3,(H,76,77)(H,78,79)(H,80,81)(H2,52,53,54)(H,56,67,71)(H,57,68,72)(H,58,69,73)(H,59,70,74)/t26-,27-,28-,29-,30-,31+,32+,33+,34+,35+,36+,37+,38+,39+,40+,95?/m0/s1. The number of nitrogens with one attached hydrogen (secondary N) is 4. The molecule has 5 aliphatic rings. The highest BCUT2D eigenvalue weighted by Crippen LogP contribution is 2.55. The van der Waals surface area contributed by atoms with Crippen molar-refractivity contribution in [2.24, 2.45) is 0 Å². The fourth-order valence-corrected chi connectivity index (χ4v) is 15.5. The van der Waals surface area contributed by atoms with Crippen LogP contribution >= 0.6 is 31.1 Å². The molecule has 0 radical (unpaired) electrons. The lowest BCUT2D eigenvalue weighted by molar-refractivity contribution is -0.0623. The minimum absolute atomic E-state index is 0.0254. The molecule has 4 unspecified atom stereocenters. The minimum Gasteiger partial charge on any atom is -0.394 e. The smallest absolute Gasteiger partial charge is 0.394 e. The van der Waals surface area contributed by atoms with E-state index in [0.29, 0.717) is 0 Å². The summed E-state index contributed by atoms with van der Waals surface area (Å²) in [6.07, 6.45) is -15.7. The van der Waals surface area contributed by atoms with Gasteiger partial charge in [0.05, 0.1) is 51.6 Å². The van der Waals surface area contributed by atoms with Gasteiger partial charge in [-0.25, -0.2) is 47.8 Å². The molecule has 11 heterocycles. The number of aromatic nitrogens is 12. The highest BCUT2D eigenvalue weighted by molar-refractivity contribution is 7.53. The summed E-state index contributed by atoms with van der Waals surface area (Å²) < 4.78 is 136. The number of anilines is 1. The van der Waals surface area contributed by atoms with Crippen LogP contribution in [0.1, 0.15) is 85.5 Å². The topological polar surface area (TPSA) is 578 Å². The number of aliphatic hydroxyl groups excluding tert-OH is 2. The van der Waals surface area contributed by atoms with E-state index in [0.717, 1.165) is 43.7 Å². The molecule has 43 nitrogen and oxygen atoms in total. The molecule has 6 aromatic heterocycles. The number of aromatic amines is 4. The Morgan fingerprint density at radius 3 is 1.20 bits per heavy atom. The number of ether oxygens (including phenoxy) is 5. The van der Waals surface area contributed by atoms with E-state index in [2.05, 4.69) is 34.9 Å². The third kappa shape index (κ3) is 16.3. The second-order valence-corrected chi connectivity index (χ2v) is 29.7. The van der Waals surface area contributed by atoms with Crippen molar-refractivity contribution in [1.29, 1.82) is 0 Å². The molecule has 0 spiro atoms. The van der Waals surface area contributed by atoms with E-state index in [1.165, 1.54) is 51.0 Å². The number of phosphoric ester groups is 3. The van der Waals surface area contributed by atoms with E-state index in [1.807, 2.05) is 0 Å². The van der Waals surface area contributed by atoms with Crippen LogP contribution in [0.3, 0.4) is 0 Å². The molecule has 5 fully saturated rings. The first kappa shape index (κ1) is 72.5. The number of nitrogens with zero attached hydrogens (tertiary/aromatic N) is 8. The maximum atomic E-state index is 14.6. The molecule has 98 heavy (non-hydrogen) atoms. The number of aryl methyl sites for hydroxylation is 4. The van der Waals surface area contributed by atoms with Gasteiger partial charge in [-0.2, -0.15) is 0 Å². The van der Waals surface area contributed by atoms with Crippen LogP contribution in [0.4, 0.5) is 5.82 Å². The third-order valence-electron chi connectivity index (χ3n) is 16.4. The molecular weight excluding hydrogens is 1400 g/mol. The Balaban J connectivity index is 0.787. The maximum Gasteiger partial charge on any atom is 0.472 e. The number of imidazole rings is 1. The molecule has 5 aliphatic heterocycles. The summed E-state index contributed by atoms with van der Waals surface area (Å²) >= 11 is 0. The second-order valence-electron chi connectivity index (χ2n) is 23.5. The van der Waals surface area contributed by atoms with Gasteiger partial charge in [0, 0.05) is 85.8 Å². The summed E-state index contributed by atoms with van der Waals surface area (Å²) in [5.74, 6) is -0.0254. The average Bonchev–Trinajstić information content (AvgIpc) is 1.65. The van der Waals surface area contributed by atoms with Crippen LogP contribution in [-0.4, -0.2) is 183 Å². The van der Waals surface area contributed by atoms with Crippen LogP contribution in [0.25, 0.3) is 11.2 Å². The third-order valence-corrected chi connectivity index (χ3v) is 20.7. The van der Waals surface area contributed by atoms with Crippen LogP contribution in [0.2, 0.25) is 0 Å². The Morgan fingerprint density at radius 1 is 0.480 bits per heavy atom. The quantitative estimate of drug-likeness (QED) is 0.0272. The van der Waals surface area contributed by atoms with Crippen molar-refractivity contribution < 1.29 is 103 Å². The fraction of sp³-hybridized carbons (Fsp3) is 0.588. The van der Waals surface area contributed by atoms with E-state index in [4.69, 9.17) is 65.6 Å². The van der Waals surface area contributed by atoms with Gasteiger partial charge in [-0.3, -0.25) is 93.7 Å². The van der Waals surface area contributed by atoms with E-state index in [1.54, 1.807) is 0 Å². The normalized spacial score (nSPS) is 29.8. The van der Waals surface area contributed by atoms with Crippen molar-refractivity contribution in [3.8, 4) is 0 Å². The Hall–Kier alpha value is -6.73. The number of nitrogens with two attached hydrogens (primary N) is 1. The first-order valence-electron chi connectivity index (χ1n) is 29.8. The highest BCUT2D eigenvalue weighted by Gasteiger charge is 2.50. The largest absolute Gasteiger partial charge is 0.472 e. The van der Waals surface area contributed by atoms with E-state index in [9.17, 15) is 81.5 Å². The molecule has 0 amide bonds. The zero-order valence-electron chi connectivity index (χ0n) is 52.1. The molecular formula is C51H67N13O30P4. The Labute approximate surface area is 547 Å². The van der Waals surface area contributed by atoms with E-state index < -0.39 is 214 Å². The molecule has 5 saturated heterocycles. The number of aliphatic hydroxyl groups is 2. The van der Waals surface area contributed by atoms with Gasteiger partial charge in [-0.1, -0.05) is 0 Å². The predicted molar refractivity (Wildman–Crippen MR) is 326 cm³/mol. The van der Waals surface area contributed by atoms with E-state index >= 15 is 0 Å². The summed E-state index contributed by atoms with van der Waals surface area (Å²) in [6, 6.07) is 0. The molecule has 0 saturated carbocycles. The molecule has 0 aliphatic carbocycles. The number of hydrogen-bond donors (Lipinski definition) is 10. The van der Waals surface area contributed by atoms with Crippen molar-refractivity contribution in [2.75, 3.05) is 45.4 Å². The maximum absolute atomic E-state index is 14.6. The SMILES string of the molecule is Cc1cn([C@H]2C[C@H](OP(=O)(O)OC[C@H]3O[C@@H](n4cc(C)c(=O)[nH]c4=O)C[C@@H]3OP(=O)(O)OC[C@H]3O[C@@H](n4cnc5c(N)ncnc54)C[C@@H]3OP(C)(=O)OC[C@H]3O[C@@H](n4cc(C)c(=O)[nH]c4=O)C[C@@H]3OP(=O)(O)OC[C@H]3O[C@@H](n4cc(C)c(=O)[nH]c4=O)C[C@@H]3O)[C@@H](CO)O2)c(=O)[nH]c1=O.